The minimum atomic E-state index is -0.416. The summed E-state index contributed by atoms with van der Waals surface area (Å²) in [5, 5.41) is 2.79. The summed E-state index contributed by atoms with van der Waals surface area (Å²) in [5.41, 5.74) is 1.36. The molecule has 0 unspecified atom stereocenters. The minimum Gasteiger partial charge on any atom is -0.455 e. The Bertz CT molecular complexity index is 686. The number of nitrogens with one attached hydrogen (secondary N) is 1. The van der Waals surface area contributed by atoms with E-state index in [2.05, 4.69) is 5.32 Å². The molecule has 1 saturated heterocycles. The van der Waals surface area contributed by atoms with E-state index in [4.69, 9.17) is 4.74 Å². The summed E-state index contributed by atoms with van der Waals surface area (Å²) in [7, 11) is 0. The highest BCUT2D eigenvalue weighted by Crippen LogP contribution is 2.24. The van der Waals surface area contributed by atoms with Crippen LogP contribution in [0.5, 0.6) is 0 Å². The van der Waals surface area contributed by atoms with Crippen LogP contribution in [-0.2, 0) is 25.5 Å². The van der Waals surface area contributed by atoms with Gasteiger partial charge in [-0.3, -0.25) is 14.4 Å². The number of anilines is 1. The normalized spacial score (nSPS) is 15.3. The maximum Gasteiger partial charge on any atom is 0.309 e. The molecule has 1 aromatic rings. The fourth-order valence-corrected chi connectivity index (χ4v) is 3.18. The molecule has 0 atom stereocenters. The molecule has 1 aliphatic rings. The molecule has 27 heavy (non-hydrogen) atoms. The lowest BCUT2D eigenvalue weighted by molar-refractivity contribution is -0.155. The van der Waals surface area contributed by atoms with Gasteiger partial charge in [0.2, 0.25) is 5.91 Å². The zero-order chi connectivity index (χ0) is 20.0. The Labute approximate surface area is 161 Å². The van der Waals surface area contributed by atoms with Gasteiger partial charge >= 0.3 is 5.97 Å². The number of rotatable bonds is 5. The summed E-state index contributed by atoms with van der Waals surface area (Å²) in [6.45, 7) is 8.50. The lowest BCUT2D eigenvalue weighted by Crippen LogP contribution is -2.45. The van der Waals surface area contributed by atoms with Crippen LogP contribution in [0.4, 0.5) is 5.69 Å². The second kappa shape index (κ2) is 9.02. The zero-order valence-electron chi connectivity index (χ0n) is 16.7. The number of nitrogens with zero attached hydrogens (tertiary/aromatic N) is 1. The molecule has 2 amide bonds. The van der Waals surface area contributed by atoms with E-state index >= 15 is 0 Å². The fraction of sp³-hybridized carbons (Fsp3) is 0.571. The quantitative estimate of drug-likeness (QED) is 0.804. The van der Waals surface area contributed by atoms with Crippen molar-refractivity contribution in [3.8, 4) is 0 Å². The first-order valence-corrected chi connectivity index (χ1v) is 9.56. The first-order valence-electron chi connectivity index (χ1n) is 9.56. The Balaban J connectivity index is 1.78. The molecule has 148 valence electrons. The van der Waals surface area contributed by atoms with Crippen LogP contribution in [0.1, 0.15) is 46.1 Å². The molecule has 0 bridgehead atoms. The number of carbonyl (C=O) groups excluding carboxylic acids is 3. The third-order valence-electron chi connectivity index (χ3n) is 4.77. The van der Waals surface area contributed by atoms with Crippen LogP contribution in [0, 0.1) is 11.3 Å². The summed E-state index contributed by atoms with van der Waals surface area (Å²) in [6.07, 6.45) is 1.95. The Morgan fingerprint density at radius 1 is 1.15 bits per heavy atom. The molecule has 1 fully saturated rings. The van der Waals surface area contributed by atoms with E-state index in [1.54, 1.807) is 4.90 Å². The van der Waals surface area contributed by atoms with Crippen molar-refractivity contribution < 1.29 is 19.1 Å². The van der Waals surface area contributed by atoms with E-state index in [-0.39, 0.29) is 30.3 Å². The predicted molar refractivity (Wildman–Crippen MR) is 104 cm³/mol. The first kappa shape index (κ1) is 20.9. The van der Waals surface area contributed by atoms with Crippen molar-refractivity contribution in [2.45, 2.75) is 47.0 Å². The van der Waals surface area contributed by atoms with Crippen LogP contribution in [0.15, 0.2) is 24.3 Å². The largest absolute Gasteiger partial charge is 0.455 e. The number of amides is 2. The maximum absolute atomic E-state index is 12.3. The Hall–Kier alpha value is -2.37. The highest BCUT2D eigenvalue weighted by molar-refractivity contribution is 5.93. The lowest BCUT2D eigenvalue weighted by atomic mass is 9.91. The number of esters is 1. The molecule has 1 heterocycles. The van der Waals surface area contributed by atoms with E-state index in [0.29, 0.717) is 25.9 Å². The van der Waals surface area contributed by atoms with Crippen molar-refractivity contribution in [2.75, 3.05) is 25.0 Å². The van der Waals surface area contributed by atoms with Crippen LogP contribution in [0.25, 0.3) is 0 Å². The number of likely N-dealkylation sites (tertiary alicyclic amines) is 1. The summed E-state index contributed by atoms with van der Waals surface area (Å²) in [5.74, 6) is -0.866. The SMILES string of the molecule is CCc1ccccc1NC(=O)COC(=O)C1CCN(C(=O)C(C)(C)C)CC1. The summed E-state index contributed by atoms with van der Waals surface area (Å²) >= 11 is 0. The zero-order valence-corrected chi connectivity index (χ0v) is 16.7. The van der Waals surface area contributed by atoms with Crippen molar-refractivity contribution in [3.63, 3.8) is 0 Å². The third-order valence-corrected chi connectivity index (χ3v) is 4.77. The van der Waals surface area contributed by atoms with Crippen molar-refractivity contribution in [1.82, 2.24) is 4.90 Å². The Morgan fingerprint density at radius 2 is 1.78 bits per heavy atom. The van der Waals surface area contributed by atoms with Gasteiger partial charge in [0.1, 0.15) is 0 Å². The highest BCUT2D eigenvalue weighted by atomic mass is 16.5. The second-order valence-electron chi connectivity index (χ2n) is 7.98. The number of para-hydroxylation sites is 1. The van der Waals surface area contributed by atoms with Gasteiger partial charge in [-0.15, -0.1) is 0 Å². The number of hydrogen-bond donors (Lipinski definition) is 1. The summed E-state index contributed by atoms with van der Waals surface area (Å²) in [4.78, 5) is 38.4. The summed E-state index contributed by atoms with van der Waals surface area (Å²) in [6, 6.07) is 7.56. The van der Waals surface area contributed by atoms with Gasteiger partial charge < -0.3 is 15.0 Å². The first-order chi connectivity index (χ1) is 12.7. The molecule has 6 nitrogen and oxygen atoms in total. The van der Waals surface area contributed by atoms with Crippen molar-refractivity contribution in [3.05, 3.63) is 29.8 Å². The van der Waals surface area contributed by atoms with Gasteiger partial charge in [-0.05, 0) is 30.9 Å². The van der Waals surface area contributed by atoms with Gasteiger partial charge in [0.15, 0.2) is 6.61 Å². The van der Waals surface area contributed by atoms with E-state index < -0.39 is 5.41 Å². The van der Waals surface area contributed by atoms with Crippen molar-refractivity contribution in [2.24, 2.45) is 11.3 Å². The van der Waals surface area contributed by atoms with Gasteiger partial charge in [0, 0.05) is 24.2 Å². The minimum absolute atomic E-state index is 0.100. The molecule has 1 aliphatic heterocycles. The number of ether oxygens (including phenoxy) is 1. The van der Waals surface area contributed by atoms with Crippen LogP contribution in [-0.4, -0.2) is 42.4 Å². The molecule has 1 N–H and O–H groups in total. The topological polar surface area (TPSA) is 75.7 Å². The Morgan fingerprint density at radius 3 is 2.37 bits per heavy atom. The number of carbonyl (C=O) groups is 3. The molecule has 0 aromatic heterocycles. The second-order valence-corrected chi connectivity index (χ2v) is 7.98. The number of aryl methyl sites for hydroxylation is 1. The standard InChI is InChI=1S/C21H30N2O4/c1-5-15-8-6-7-9-17(15)22-18(24)14-27-19(25)16-10-12-23(13-11-16)20(26)21(2,3)4/h6-9,16H,5,10-14H2,1-4H3,(H,22,24). The Kier molecular flexibility index (Phi) is 6.99. The molecule has 1 aromatic carbocycles. The van der Waals surface area contributed by atoms with Crippen LogP contribution in [0.3, 0.4) is 0 Å². The van der Waals surface area contributed by atoms with Gasteiger partial charge in [-0.1, -0.05) is 45.9 Å². The highest BCUT2D eigenvalue weighted by Gasteiger charge is 2.33. The van der Waals surface area contributed by atoms with Gasteiger partial charge in [0.25, 0.3) is 5.91 Å². The van der Waals surface area contributed by atoms with Crippen LogP contribution >= 0.6 is 0 Å². The van der Waals surface area contributed by atoms with Crippen molar-refractivity contribution in [1.29, 1.82) is 0 Å². The van der Waals surface area contributed by atoms with E-state index in [1.165, 1.54) is 0 Å². The predicted octanol–water partition coefficient (Wildman–Crippen LogP) is 3.02. The summed E-state index contributed by atoms with van der Waals surface area (Å²) < 4.78 is 5.20. The molecule has 0 spiro atoms. The third kappa shape index (κ3) is 5.81. The lowest BCUT2D eigenvalue weighted by Gasteiger charge is -2.34. The number of piperidine rings is 1. The van der Waals surface area contributed by atoms with Gasteiger partial charge in [-0.2, -0.15) is 0 Å². The van der Waals surface area contributed by atoms with Gasteiger partial charge in [0.05, 0.1) is 5.92 Å². The molecule has 0 radical (unpaired) electrons. The molecule has 6 heteroatoms. The van der Waals surface area contributed by atoms with E-state index in [9.17, 15) is 14.4 Å². The average Bonchev–Trinajstić information content (AvgIpc) is 2.65. The number of benzene rings is 1. The van der Waals surface area contributed by atoms with Crippen LogP contribution < -0.4 is 5.32 Å². The molecule has 2 rings (SSSR count). The van der Waals surface area contributed by atoms with Crippen molar-refractivity contribution >= 4 is 23.5 Å². The average molecular weight is 374 g/mol. The maximum atomic E-state index is 12.3. The van der Waals surface area contributed by atoms with E-state index in [0.717, 1.165) is 17.7 Å². The fourth-order valence-electron chi connectivity index (χ4n) is 3.18. The molecular weight excluding hydrogens is 344 g/mol. The smallest absolute Gasteiger partial charge is 0.309 e. The molecule has 0 saturated carbocycles. The molecule has 0 aliphatic carbocycles. The molecular formula is C21H30N2O4. The van der Waals surface area contributed by atoms with Crippen LogP contribution in [0.2, 0.25) is 0 Å². The van der Waals surface area contributed by atoms with Gasteiger partial charge in [-0.25, -0.2) is 0 Å². The number of hydrogen-bond acceptors (Lipinski definition) is 4. The van der Waals surface area contributed by atoms with E-state index in [1.807, 2.05) is 52.0 Å². The monoisotopic (exact) mass is 374 g/mol.